The molecule has 0 aromatic carbocycles. The molecule has 0 radical (unpaired) electrons. The van der Waals surface area contributed by atoms with Crippen molar-refractivity contribution in [3.63, 3.8) is 0 Å². The van der Waals surface area contributed by atoms with Crippen molar-refractivity contribution in [2.45, 2.75) is 38.6 Å². The first-order chi connectivity index (χ1) is 6.26. The van der Waals surface area contributed by atoms with Crippen LogP contribution in [-0.2, 0) is 23.1 Å². The maximum absolute atomic E-state index is 11.4. The second kappa shape index (κ2) is 8.80. The molecule has 0 saturated heterocycles. The van der Waals surface area contributed by atoms with Gasteiger partial charge in [0.25, 0.3) is 0 Å². The predicted octanol–water partition coefficient (Wildman–Crippen LogP) is 0.557. The van der Waals surface area contributed by atoms with E-state index in [-0.39, 0.29) is 6.04 Å². The first-order valence-corrected chi connectivity index (χ1v) is 5.91. The Morgan fingerprint density at radius 2 is 2.23 bits per heavy atom. The van der Waals surface area contributed by atoms with Gasteiger partial charge in [0, 0.05) is 0 Å². The Hall–Kier alpha value is 0.213. The number of ketones is 1. The molecule has 80 valence electrons. The monoisotopic (exact) mass is 274 g/mol. The Balaban J connectivity index is 3.73. The van der Waals surface area contributed by atoms with Crippen LogP contribution < -0.4 is 11.1 Å². The van der Waals surface area contributed by atoms with E-state index in [2.05, 4.69) is 23.6 Å². The van der Waals surface area contributed by atoms with Gasteiger partial charge in [-0.3, -0.25) is 0 Å². The van der Waals surface area contributed by atoms with Crippen LogP contribution >= 0.6 is 0 Å². The van der Waals surface area contributed by atoms with Crippen molar-refractivity contribution >= 4 is 5.78 Å². The van der Waals surface area contributed by atoms with Crippen molar-refractivity contribution in [3.05, 3.63) is 0 Å². The van der Waals surface area contributed by atoms with Crippen molar-refractivity contribution in [1.29, 1.82) is 0 Å². The van der Waals surface area contributed by atoms with Crippen LogP contribution in [0.3, 0.4) is 0 Å². The van der Waals surface area contributed by atoms with Crippen molar-refractivity contribution in [3.8, 4) is 0 Å². The molecular weight excluding hydrogens is 255 g/mol. The van der Waals surface area contributed by atoms with Gasteiger partial charge in [0.05, 0.1) is 0 Å². The van der Waals surface area contributed by atoms with Gasteiger partial charge in [0.1, 0.15) is 0 Å². The summed E-state index contributed by atoms with van der Waals surface area (Å²) >= 11 is 2.76. The van der Waals surface area contributed by atoms with Crippen LogP contribution in [0.25, 0.3) is 0 Å². The van der Waals surface area contributed by atoms with Crippen molar-refractivity contribution < 1.29 is 23.1 Å². The average molecular weight is 274 g/mol. The minimum atomic E-state index is 0.0295. The maximum atomic E-state index is 11.4. The zero-order chi connectivity index (χ0) is 10.1. The predicted molar refractivity (Wildman–Crippen MR) is 50.0 cm³/mol. The molecule has 4 heteroatoms. The summed E-state index contributed by atoms with van der Waals surface area (Å²) in [4.78, 5) is 11.4. The molecule has 3 nitrogen and oxygen atoms in total. The number of hydrogen-bond donors (Lipinski definition) is 2. The third kappa shape index (κ3) is 6.31. The molecule has 0 rings (SSSR count). The number of hydrogen-bond acceptors (Lipinski definition) is 3. The Bertz CT molecular complexity index is 142. The van der Waals surface area contributed by atoms with E-state index in [1.165, 1.54) is 0 Å². The number of nitrogens with one attached hydrogen (secondary N) is 1. The molecule has 0 aromatic rings. The summed E-state index contributed by atoms with van der Waals surface area (Å²) < 4.78 is 0. The second-order valence-corrected chi connectivity index (χ2v) is 3.56. The van der Waals surface area contributed by atoms with E-state index in [1.54, 1.807) is 0 Å². The fraction of sp³-hybridized carbons (Fsp3) is 0.889. The molecule has 0 amide bonds. The molecule has 0 aliphatic heterocycles. The van der Waals surface area contributed by atoms with Crippen molar-refractivity contribution in [1.82, 2.24) is 5.32 Å². The molecule has 1 atom stereocenters. The van der Waals surface area contributed by atoms with E-state index >= 15 is 0 Å². The van der Waals surface area contributed by atoms with Crippen LogP contribution in [0.1, 0.15) is 32.6 Å². The molecule has 0 fully saturated rings. The number of carbonyl (C=O) groups excluding carboxylic acids is 1. The van der Waals surface area contributed by atoms with E-state index in [0.29, 0.717) is 18.7 Å². The zero-order valence-electron chi connectivity index (χ0n) is 8.14. The van der Waals surface area contributed by atoms with Gasteiger partial charge < -0.3 is 0 Å². The number of rotatable bonds is 8. The van der Waals surface area contributed by atoms with E-state index in [1.807, 2.05) is 6.92 Å². The molecule has 0 aromatic heterocycles. The van der Waals surface area contributed by atoms with Gasteiger partial charge in [-0.25, -0.2) is 0 Å². The summed E-state index contributed by atoms with van der Waals surface area (Å²) in [6, 6.07) is 0.0295. The summed E-state index contributed by atoms with van der Waals surface area (Å²) in [6.07, 6.45) is 3.56. The van der Waals surface area contributed by atoms with Gasteiger partial charge in [-0.2, -0.15) is 0 Å². The fourth-order valence-electron chi connectivity index (χ4n) is 1.20. The van der Waals surface area contributed by atoms with Gasteiger partial charge in [0.2, 0.25) is 0 Å². The first kappa shape index (κ1) is 13.2. The van der Waals surface area contributed by atoms with Gasteiger partial charge in [-0.05, 0) is 0 Å². The molecule has 3 N–H and O–H groups in total. The molecule has 1 unspecified atom stereocenters. The van der Waals surface area contributed by atoms with Gasteiger partial charge in [0.15, 0.2) is 0 Å². The first-order valence-electron chi connectivity index (χ1n) is 4.75. The van der Waals surface area contributed by atoms with Crippen LogP contribution in [0.2, 0.25) is 0 Å². The third-order valence-corrected chi connectivity index (χ3v) is 2.33. The van der Waals surface area contributed by atoms with E-state index in [9.17, 15) is 4.79 Å². The van der Waals surface area contributed by atoms with Crippen LogP contribution in [0.4, 0.5) is 0 Å². The minimum absolute atomic E-state index is 0.0295. The van der Waals surface area contributed by atoms with E-state index in [4.69, 9.17) is 5.73 Å². The summed E-state index contributed by atoms with van der Waals surface area (Å²) in [5.41, 5.74) is 5.39. The number of unbranched alkanes of at least 4 members (excludes halogenated alkanes) is 1. The molecule has 0 aliphatic carbocycles. The van der Waals surface area contributed by atoms with Crippen molar-refractivity contribution in [2.75, 3.05) is 11.7 Å². The normalized spacial score (nSPS) is 12.9. The van der Waals surface area contributed by atoms with Crippen LogP contribution in [0.5, 0.6) is 0 Å². The molecule has 0 saturated carbocycles. The molecule has 0 aliphatic rings. The molecule has 0 heterocycles. The molecule has 13 heavy (non-hydrogen) atoms. The summed E-state index contributed by atoms with van der Waals surface area (Å²) in [6.45, 7) is 2.62. The van der Waals surface area contributed by atoms with Gasteiger partial charge in [-0.1, -0.05) is 0 Å². The van der Waals surface area contributed by atoms with Crippen molar-refractivity contribution in [2.24, 2.45) is 5.73 Å². The zero-order valence-corrected chi connectivity index (χ0v) is 9.78. The quantitative estimate of drug-likeness (QED) is 0.502. The van der Waals surface area contributed by atoms with Crippen LogP contribution in [0, 0.1) is 0 Å². The second-order valence-electron chi connectivity index (χ2n) is 2.98. The fourth-order valence-corrected chi connectivity index (χ4v) is 1.60. The van der Waals surface area contributed by atoms with Crippen LogP contribution in [-0.4, -0.2) is 23.5 Å². The standard InChI is InChI=1S/C9H19N2O.Rh/c1-3-9(12)8(11-2)6-4-5-7-10;/h8,11H,2-7,10H2,1H3;. The molecular formula is C9H19N2ORh. The molecule has 0 bridgehead atoms. The summed E-state index contributed by atoms with van der Waals surface area (Å²) in [5.74, 6) is 0.301. The Morgan fingerprint density at radius 1 is 1.54 bits per heavy atom. The van der Waals surface area contributed by atoms with E-state index < -0.39 is 0 Å². The third-order valence-electron chi connectivity index (χ3n) is 2.00. The average Bonchev–Trinajstić information content (AvgIpc) is 2.16. The summed E-state index contributed by atoms with van der Waals surface area (Å²) in [7, 11) is 0. The number of Topliss-reactive ketones (excluding diaryl/α,β-unsaturated/α-hetero) is 1. The number of carbonyl (C=O) groups is 1. The molecule has 0 spiro atoms. The topological polar surface area (TPSA) is 55.1 Å². The summed E-state index contributed by atoms with van der Waals surface area (Å²) in [5, 5.41) is 3.90. The number of nitrogens with two attached hydrogens (primary N) is 1. The Labute approximate surface area is 90.5 Å². The SMILES string of the molecule is CCC(=O)C(CCCCN)N[CH2][Rh]. The van der Waals surface area contributed by atoms with Gasteiger partial charge in [-0.15, -0.1) is 0 Å². The van der Waals surface area contributed by atoms with Gasteiger partial charge >= 0.3 is 90.3 Å². The Morgan fingerprint density at radius 3 is 2.69 bits per heavy atom. The Kier molecular flexibility index (Phi) is 8.94. The van der Waals surface area contributed by atoms with E-state index in [0.717, 1.165) is 24.4 Å². The van der Waals surface area contributed by atoms with Crippen LogP contribution in [0.15, 0.2) is 0 Å².